The molecule has 2 heterocycles. The fourth-order valence-electron chi connectivity index (χ4n) is 5.64. The first-order valence-electron chi connectivity index (χ1n) is 12.8. The lowest BCUT2D eigenvalue weighted by molar-refractivity contribution is 0.0975. The number of fused-ring (bicyclic) bond motifs is 2. The quantitative estimate of drug-likeness (QED) is 0.432. The SMILES string of the molecule is COc1ccc2c(c1)C1(CCN(Cc3ccc(F)cc3)CC1)CN2C(=O)c1ccc(C(C)(C)C)cc1. The van der Waals surface area contributed by atoms with Crippen molar-refractivity contribution in [2.24, 2.45) is 0 Å². The van der Waals surface area contributed by atoms with E-state index < -0.39 is 0 Å². The zero-order chi connectivity index (χ0) is 25.5. The average Bonchev–Trinajstić information content (AvgIpc) is 3.19. The number of rotatable bonds is 4. The van der Waals surface area contributed by atoms with Crippen molar-refractivity contribution in [3.63, 3.8) is 0 Å². The van der Waals surface area contributed by atoms with E-state index in [4.69, 9.17) is 4.74 Å². The Kier molecular flexibility index (Phi) is 6.37. The molecule has 5 heteroatoms. The standard InChI is InChI=1S/C31H35FN2O2/c1-30(2,3)24-9-7-23(8-10-24)29(35)34-21-31(27-19-26(36-4)13-14-28(27)34)15-17-33(18-16-31)20-22-5-11-25(32)12-6-22/h5-14,19H,15-18,20-21H2,1-4H3. The summed E-state index contributed by atoms with van der Waals surface area (Å²) < 4.78 is 18.9. The van der Waals surface area contributed by atoms with Crippen LogP contribution in [0.4, 0.5) is 10.1 Å². The molecule has 1 amide bonds. The number of piperidine rings is 1. The zero-order valence-corrected chi connectivity index (χ0v) is 21.7. The number of hydrogen-bond donors (Lipinski definition) is 0. The molecule has 2 aliphatic heterocycles. The highest BCUT2D eigenvalue weighted by molar-refractivity contribution is 6.07. The van der Waals surface area contributed by atoms with Crippen molar-refractivity contribution in [3.05, 3.63) is 94.8 Å². The fourth-order valence-corrected chi connectivity index (χ4v) is 5.64. The maximum absolute atomic E-state index is 13.7. The predicted molar refractivity (Wildman–Crippen MR) is 142 cm³/mol. The smallest absolute Gasteiger partial charge is 0.258 e. The number of anilines is 1. The summed E-state index contributed by atoms with van der Waals surface area (Å²) in [7, 11) is 1.69. The van der Waals surface area contributed by atoms with Gasteiger partial charge in [0.15, 0.2) is 0 Å². The van der Waals surface area contributed by atoms with Crippen LogP contribution in [0, 0.1) is 5.82 Å². The zero-order valence-electron chi connectivity index (χ0n) is 21.7. The number of nitrogens with zero attached hydrogens (tertiary/aromatic N) is 2. The lowest BCUT2D eigenvalue weighted by Gasteiger charge is -2.40. The van der Waals surface area contributed by atoms with E-state index in [1.807, 2.05) is 41.3 Å². The summed E-state index contributed by atoms with van der Waals surface area (Å²) in [6.45, 7) is 9.89. The first-order valence-corrected chi connectivity index (χ1v) is 12.8. The number of carbonyl (C=O) groups is 1. The molecule has 1 fully saturated rings. The first-order chi connectivity index (χ1) is 17.2. The van der Waals surface area contributed by atoms with Gasteiger partial charge in [-0.05, 0) is 90.5 Å². The number of likely N-dealkylation sites (tertiary alicyclic amines) is 1. The summed E-state index contributed by atoms with van der Waals surface area (Å²) in [5, 5.41) is 0. The van der Waals surface area contributed by atoms with Crippen LogP contribution in [0.3, 0.4) is 0 Å². The molecule has 3 aromatic carbocycles. The first kappa shape index (κ1) is 24.5. The van der Waals surface area contributed by atoms with Crippen molar-refractivity contribution in [1.82, 2.24) is 4.90 Å². The second kappa shape index (κ2) is 9.36. The Bertz CT molecular complexity index is 1240. The lowest BCUT2D eigenvalue weighted by Crippen LogP contribution is -2.45. The Morgan fingerprint density at radius 1 is 0.972 bits per heavy atom. The molecule has 0 aliphatic carbocycles. The number of benzene rings is 3. The van der Waals surface area contributed by atoms with Crippen molar-refractivity contribution >= 4 is 11.6 Å². The van der Waals surface area contributed by atoms with Crippen LogP contribution in [0.1, 0.15) is 60.7 Å². The molecule has 3 aromatic rings. The summed E-state index contributed by atoms with van der Waals surface area (Å²) in [5.41, 5.74) is 5.22. The van der Waals surface area contributed by atoms with E-state index >= 15 is 0 Å². The molecule has 0 radical (unpaired) electrons. The Morgan fingerprint density at radius 3 is 2.25 bits per heavy atom. The molecule has 5 rings (SSSR count). The van der Waals surface area contributed by atoms with Crippen LogP contribution in [-0.2, 0) is 17.4 Å². The van der Waals surface area contributed by atoms with Crippen LogP contribution in [0.15, 0.2) is 66.7 Å². The van der Waals surface area contributed by atoms with Gasteiger partial charge in [-0.15, -0.1) is 0 Å². The Hall–Kier alpha value is -3.18. The number of hydrogen-bond acceptors (Lipinski definition) is 3. The van der Waals surface area contributed by atoms with Crippen LogP contribution in [-0.4, -0.2) is 37.6 Å². The van der Waals surface area contributed by atoms with Crippen molar-refractivity contribution in [2.45, 2.75) is 51.0 Å². The van der Waals surface area contributed by atoms with Gasteiger partial charge in [-0.2, -0.15) is 0 Å². The molecule has 0 aromatic heterocycles. The molecule has 36 heavy (non-hydrogen) atoms. The number of halogens is 1. The van der Waals surface area contributed by atoms with Gasteiger partial charge in [0.05, 0.1) is 7.11 Å². The van der Waals surface area contributed by atoms with Crippen LogP contribution in [0.2, 0.25) is 0 Å². The van der Waals surface area contributed by atoms with Crippen molar-refractivity contribution in [2.75, 3.05) is 31.6 Å². The largest absolute Gasteiger partial charge is 0.497 e. The minimum Gasteiger partial charge on any atom is -0.497 e. The van der Waals surface area contributed by atoms with Crippen molar-refractivity contribution < 1.29 is 13.9 Å². The third-order valence-corrected chi connectivity index (χ3v) is 7.90. The number of carbonyl (C=O) groups excluding carboxylic acids is 1. The van der Waals surface area contributed by atoms with Gasteiger partial charge in [0.25, 0.3) is 5.91 Å². The summed E-state index contributed by atoms with van der Waals surface area (Å²) in [4.78, 5) is 18.1. The van der Waals surface area contributed by atoms with Gasteiger partial charge in [0.2, 0.25) is 0 Å². The molecule has 1 spiro atoms. The lowest BCUT2D eigenvalue weighted by atomic mass is 9.74. The highest BCUT2D eigenvalue weighted by Gasteiger charge is 2.46. The molecule has 2 aliphatic rings. The molecule has 0 bridgehead atoms. The summed E-state index contributed by atoms with van der Waals surface area (Å²) in [6.07, 6.45) is 1.92. The van der Waals surface area contributed by atoms with Crippen molar-refractivity contribution in [1.29, 1.82) is 0 Å². The van der Waals surface area contributed by atoms with Gasteiger partial charge >= 0.3 is 0 Å². The van der Waals surface area contributed by atoms with E-state index in [0.717, 1.165) is 55.0 Å². The van der Waals surface area contributed by atoms with Crippen LogP contribution < -0.4 is 9.64 Å². The third kappa shape index (κ3) is 4.64. The molecule has 0 unspecified atom stereocenters. The van der Waals surface area contributed by atoms with Gasteiger partial charge in [0, 0.05) is 29.8 Å². The number of amides is 1. The topological polar surface area (TPSA) is 32.8 Å². The maximum atomic E-state index is 13.7. The van der Waals surface area contributed by atoms with E-state index in [-0.39, 0.29) is 22.6 Å². The highest BCUT2D eigenvalue weighted by atomic mass is 19.1. The second-order valence-electron chi connectivity index (χ2n) is 11.3. The molecular weight excluding hydrogens is 451 g/mol. The molecule has 0 saturated carbocycles. The Balaban J connectivity index is 1.38. The monoisotopic (exact) mass is 486 g/mol. The summed E-state index contributed by atoms with van der Waals surface area (Å²) >= 11 is 0. The maximum Gasteiger partial charge on any atom is 0.258 e. The van der Waals surface area contributed by atoms with Crippen LogP contribution in [0.5, 0.6) is 5.75 Å². The van der Waals surface area contributed by atoms with Gasteiger partial charge in [0.1, 0.15) is 11.6 Å². The molecule has 0 N–H and O–H groups in total. The van der Waals surface area contributed by atoms with Gasteiger partial charge in [-0.1, -0.05) is 45.0 Å². The Morgan fingerprint density at radius 2 is 1.64 bits per heavy atom. The van der Waals surface area contributed by atoms with E-state index in [1.165, 1.54) is 23.3 Å². The Labute approximate surface area is 213 Å². The molecule has 1 saturated heterocycles. The van der Waals surface area contributed by atoms with E-state index in [2.05, 4.69) is 43.9 Å². The normalized spacial score (nSPS) is 17.3. The van der Waals surface area contributed by atoms with Crippen LogP contribution >= 0.6 is 0 Å². The predicted octanol–water partition coefficient (Wildman–Crippen LogP) is 6.33. The van der Waals surface area contributed by atoms with Crippen molar-refractivity contribution in [3.8, 4) is 5.75 Å². The second-order valence-corrected chi connectivity index (χ2v) is 11.3. The van der Waals surface area contributed by atoms with E-state index in [0.29, 0.717) is 6.54 Å². The minimum atomic E-state index is -0.203. The van der Waals surface area contributed by atoms with E-state index in [1.54, 1.807) is 7.11 Å². The van der Waals surface area contributed by atoms with Gasteiger partial charge < -0.3 is 9.64 Å². The van der Waals surface area contributed by atoms with Gasteiger partial charge in [-0.3, -0.25) is 9.69 Å². The average molecular weight is 487 g/mol. The molecule has 0 atom stereocenters. The summed E-state index contributed by atoms with van der Waals surface area (Å²) in [6, 6.07) is 21.0. The highest BCUT2D eigenvalue weighted by Crippen LogP contribution is 2.48. The third-order valence-electron chi connectivity index (χ3n) is 7.90. The number of methoxy groups -OCH3 is 1. The number of ether oxygens (including phenoxy) is 1. The molecule has 188 valence electrons. The van der Waals surface area contributed by atoms with E-state index in [9.17, 15) is 9.18 Å². The molecular formula is C31H35FN2O2. The molecule has 4 nitrogen and oxygen atoms in total. The fraction of sp³-hybridized carbons (Fsp3) is 0.387. The summed E-state index contributed by atoms with van der Waals surface area (Å²) in [5.74, 6) is 0.670. The van der Waals surface area contributed by atoms with Gasteiger partial charge in [-0.25, -0.2) is 4.39 Å². The van der Waals surface area contributed by atoms with Crippen LogP contribution in [0.25, 0.3) is 0 Å². The minimum absolute atomic E-state index is 0.0459.